The molecule has 4 rings (SSSR count). The van der Waals surface area contributed by atoms with Gasteiger partial charge in [-0.2, -0.15) is 5.10 Å². The first-order valence-electron chi connectivity index (χ1n) is 8.14. The van der Waals surface area contributed by atoms with Gasteiger partial charge < -0.3 is 9.88 Å². The Kier molecular flexibility index (Phi) is 3.81. The fourth-order valence-electron chi connectivity index (χ4n) is 3.65. The van der Waals surface area contributed by atoms with Crippen molar-refractivity contribution >= 4 is 40.0 Å². The first-order valence-corrected chi connectivity index (χ1v) is 8.90. The van der Waals surface area contributed by atoms with Crippen molar-refractivity contribution in [2.24, 2.45) is 7.05 Å². The van der Waals surface area contributed by atoms with Crippen LogP contribution in [0.15, 0.2) is 12.1 Å². The number of rotatable bonds is 1. The number of nitrogens with one attached hydrogen (secondary N) is 1. The van der Waals surface area contributed by atoms with Crippen molar-refractivity contribution in [1.82, 2.24) is 19.7 Å². The van der Waals surface area contributed by atoms with Crippen molar-refractivity contribution < 1.29 is 4.79 Å². The fraction of sp³-hybridized carbons (Fsp3) is 0.333. The van der Waals surface area contributed by atoms with Crippen LogP contribution in [0.25, 0.3) is 10.9 Å². The third kappa shape index (κ3) is 2.53. The van der Waals surface area contributed by atoms with E-state index in [1.54, 1.807) is 10.7 Å². The standard InChI is InChI=1S/C18H18Cl2N4O/c1-9-16(10(2)23(3)22-9)18(25)24-5-4-15-13(8-24)12-6-11(19)7-14(20)17(12)21-15/h6-7,21H,4-5,8H2,1-3H3. The summed E-state index contributed by atoms with van der Waals surface area (Å²) in [4.78, 5) is 18.3. The van der Waals surface area contributed by atoms with Crippen LogP contribution in [-0.4, -0.2) is 32.1 Å². The van der Waals surface area contributed by atoms with Crippen molar-refractivity contribution in [3.8, 4) is 0 Å². The lowest BCUT2D eigenvalue weighted by Gasteiger charge is -2.27. The summed E-state index contributed by atoms with van der Waals surface area (Å²) in [7, 11) is 1.86. The van der Waals surface area contributed by atoms with Gasteiger partial charge in [0.25, 0.3) is 5.91 Å². The van der Waals surface area contributed by atoms with Crippen molar-refractivity contribution in [2.45, 2.75) is 26.8 Å². The minimum atomic E-state index is 0.0243. The van der Waals surface area contributed by atoms with Gasteiger partial charge in [0, 0.05) is 53.9 Å². The monoisotopic (exact) mass is 376 g/mol. The highest BCUT2D eigenvalue weighted by molar-refractivity contribution is 6.38. The summed E-state index contributed by atoms with van der Waals surface area (Å²) in [5.74, 6) is 0.0243. The zero-order valence-corrected chi connectivity index (χ0v) is 15.8. The molecule has 0 spiro atoms. The Morgan fingerprint density at radius 2 is 2.04 bits per heavy atom. The highest BCUT2D eigenvalue weighted by Crippen LogP contribution is 2.34. The molecule has 1 aromatic carbocycles. The number of aromatic nitrogens is 3. The number of benzene rings is 1. The van der Waals surface area contributed by atoms with E-state index in [1.165, 1.54) is 0 Å². The molecule has 130 valence electrons. The minimum absolute atomic E-state index is 0.0243. The van der Waals surface area contributed by atoms with Gasteiger partial charge in [-0.3, -0.25) is 9.48 Å². The maximum Gasteiger partial charge on any atom is 0.257 e. The molecule has 0 aliphatic carbocycles. The third-order valence-corrected chi connectivity index (χ3v) is 5.53. The number of carbonyl (C=O) groups excluding carboxylic acids is 1. The second-order valence-corrected chi connectivity index (χ2v) is 7.38. The summed E-state index contributed by atoms with van der Waals surface area (Å²) in [6.45, 7) is 5.01. The number of nitrogens with zero attached hydrogens (tertiary/aromatic N) is 3. The second-order valence-electron chi connectivity index (χ2n) is 6.54. The molecule has 1 amide bonds. The van der Waals surface area contributed by atoms with Crippen LogP contribution in [0, 0.1) is 13.8 Å². The van der Waals surface area contributed by atoms with Gasteiger partial charge in [-0.25, -0.2) is 0 Å². The van der Waals surface area contributed by atoms with Crippen molar-refractivity contribution in [1.29, 1.82) is 0 Å². The van der Waals surface area contributed by atoms with E-state index in [2.05, 4.69) is 10.1 Å². The van der Waals surface area contributed by atoms with Crippen molar-refractivity contribution in [3.05, 3.63) is 50.4 Å². The Morgan fingerprint density at radius 3 is 2.72 bits per heavy atom. The number of carbonyl (C=O) groups is 1. The molecule has 0 fully saturated rings. The number of aromatic amines is 1. The third-order valence-electron chi connectivity index (χ3n) is 5.01. The number of fused-ring (bicyclic) bond motifs is 3. The quantitative estimate of drug-likeness (QED) is 0.696. The average Bonchev–Trinajstić information content (AvgIpc) is 3.04. The molecule has 0 saturated carbocycles. The summed E-state index contributed by atoms with van der Waals surface area (Å²) in [5, 5.41) is 6.56. The molecule has 1 aliphatic heterocycles. The van der Waals surface area contributed by atoms with Crippen LogP contribution in [0.2, 0.25) is 10.0 Å². The molecule has 5 nitrogen and oxygen atoms in total. The molecule has 25 heavy (non-hydrogen) atoms. The van der Waals surface area contributed by atoms with Crippen molar-refractivity contribution in [2.75, 3.05) is 6.54 Å². The van der Waals surface area contributed by atoms with Crippen LogP contribution in [0.3, 0.4) is 0 Å². The maximum absolute atomic E-state index is 13.1. The average molecular weight is 377 g/mol. The summed E-state index contributed by atoms with van der Waals surface area (Å²) in [5.41, 5.74) is 5.46. The first-order chi connectivity index (χ1) is 11.9. The predicted molar refractivity (Wildman–Crippen MR) is 99.4 cm³/mol. The molecule has 0 unspecified atom stereocenters. The normalized spacial score (nSPS) is 14.2. The molecular weight excluding hydrogens is 359 g/mol. The predicted octanol–water partition coefficient (Wildman–Crippen LogP) is 4.02. The Bertz CT molecular complexity index is 1020. The summed E-state index contributed by atoms with van der Waals surface area (Å²) < 4.78 is 1.75. The molecule has 7 heteroatoms. The summed E-state index contributed by atoms with van der Waals surface area (Å²) in [6.07, 6.45) is 0.766. The van der Waals surface area contributed by atoms with Gasteiger partial charge in [0.15, 0.2) is 0 Å². The summed E-state index contributed by atoms with van der Waals surface area (Å²) >= 11 is 12.5. The zero-order chi connectivity index (χ0) is 17.9. The smallest absolute Gasteiger partial charge is 0.257 e. The van der Waals surface area contributed by atoms with Gasteiger partial charge in [-0.15, -0.1) is 0 Å². The molecular formula is C18H18Cl2N4O. The number of halogens is 2. The number of aryl methyl sites for hydroxylation is 2. The lowest BCUT2D eigenvalue weighted by Crippen LogP contribution is -2.36. The van der Waals surface area contributed by atoms with Crippen LogP contribution in [0.5, 0.6) is 0 Å². The van der Waals surface area contributed by atoms with E-state index < -0.39 is 0 Å². The Morgan fingerprint density at radius 1 is 1.28 bits per heavy atom. The van der Waals surface area contributed by atoms with E-state index >= 15 is 0 Å². The molecule has 2 aromatic heterocycles. The number of amides is 1. The van der Waals surface area contributed by atoms with E-state index in [1.807, 2.05) is 31.9 Å². The molecule has 3 aromatic rings. The highest BCUT2D eigenvalue weighted by Gasteiger charge is 2.28. The minimum Gasteiger partial charge on any atom is -0.357 e. The van der Waals surface area contributed by atoms with E-state index in [0.29, 0.717) is 28.7 Å². The van der Waals surface area contributed by atoms with Gasteiger partial charge >= 0.3 is 0 Å². The highest BCUT2D eigenvalue weighted by atomic mass is 35.5. The number of hydrogen-bond acceptors (Lipinski definition) is 2. The van der Waals surface area contributed by atoms with Crippen LogP contribution >= 0.6 is 23.2 Å². The first kappa shape index (κ1) is 16.5. The van der Waals surface area contributed by atoms with E-state index in [9.17, 15) is 4.79 Å². The molecule has 3 heterocycles. The van der Waals surface area contributed by atoms with E-state index in [-0.39, 0.29) is 5.91 Å². The van der Waals surface area contributed by atoms with Gasteiger partial charge in [0.05, 0.1) is 21.8 Å². The van der Waals surface area contributed by atoms with Crippen LogP contribution in [0.1, 0.15) is 33.0 Å². The van der Waals surface area contributed by atoms with Gasteiger partial charge in [0.1, 0.15) is 0 Å². The Labute approximate surface area is 155 Å². The number of hydrogen-bond donors (Lipinski definition) is 1. The van der Waals surface area contributed by atoms with Crippen LogP contribution < -0.4 is 0 Å². The van der Waals surface area contributed by atoms with Gasteiger partial charge in [-0.1, -0.05) is 23.2 Å². The van der Waals surface area contributed by atoms with Gasteiger partial charge in [0.2, 0.25) is 0 Å². The van der Waals surface area contributed by atoms with E-state index in [4.69, 9.17) is 23.2 Å². The van der Waals surface area contributed by atoms with Crippen LogP contribution in [-0.2, 0) is 20.0 Å². The summed E-state index contributed by atoms with van der Waals surface area (Å²) in [6, 6.07) is 3.64. The molecule has 1 N–H and O–H groups in total. The zero-order valence-electron chi connectivity index (χ0n) is 14.3. The fourth-order valence-corrected chi connectivity index (χ4v) is 4.19. The van der Waals surface area contributed by atoms with Gasteiger partial charge in [-0.05, 0) is 26.0 Å². The van der Waals surface area contributed by atoms with E-state index in [0.717, 1.165) is 40.0 Å². The lowest BCUT2D eigenvalue weighted by molar-refractivity contribution is 0.0733. The molecule has 1 aliphatic rings. The second kappa shape index (κ2) is 5.78. The Hall–Kier alpha value is -1.98. The topological polar surface area (TPSA) is 53.9 Å². The lowest BCUT2D eigenvalue weighted by atomic mass is 10.0. The van der Waals surface area contributed by atoms with Crippen molar-refractivity contribution in [3.63, 3.8) is 0 Å². The Balaban J connectivity index is 1.74. The molecule has 0 saturated heterocycles. The largest absolute Gasteiger partial charge is 0.357 e. The molecule has 0 bridgehead atoms. The molecule has 0 atom stereocenters. The SMILES string of the molecule is Cc1nn(C)c(C)c1C(=O)N1CCc2[nH]c3c(Cl)cc(Cl)cc3c2C1. The molecule has 0 radical (unpaired) electrons. The number of H-pyrrole nitrogens is 1. The maximum atomic E-state index is 13.1. The van der Waals surface area contributed by atoms with Crippen LogP contribution in [0.4, 0.5) is 0 Å².